The third-order valence-electron chi connectivity index (χ3n) is 2.84. The molecule has 1 aliphatic rings. The van der Waals surface area contributed by atoms with Gasteiger partial charge in [-0.2, -0.15) is 0 Å². The number of rotatable bonds is 2. The van der Waals surface area contributed by atoms with E-state index in [9.17, 15) is 4.79 Å². The molecule has 15 heavy (non-hydrogen) atoms. The zero-order chi connectivity index (χ0) is 11.0. The van der Waals surface area contributed by atoms with Crippen LogP contribution in [0, 0.1) is 19.8 Å². The number of carbonyl (C=O) groups is 1. The summed E-state index contributed by atoms with van der Waals surface area (Å²) in [7, 11) is 0. The standard InChI is InChI=1S/C11H14BrNOS/c1-7-3-10(15-8(7)2)11(14)13-5-9(4-12)6-13/h3,9H,4-6H2,1-2H3. The van der Waals surface area contributed by atoms with Gasteiger partial charge in [0.15, 0.2) is 0 Å². The van der Waals surface area contributed by atoms with Gasteiger partial charge < -0.3 is 4.90 Å². The fraction of sp³-hybridized carbons (Fsp3) is 0.545. The van der Waals surface area contributed by atoms with E-state index in [4.69, 9.17) is 0 Å². The van der Waals surface area contributed by atoms with E-state index in [1.165, 1.54) is 10.4 Å². The lowest BCUT2D eigenvalue weighted by atomic mass is 10.0. The van der Waals surface area contributed by atoms with Crippen LogP contribution in [-0.2, 0) is 0 Å². The van der Waals surface area contributed by atoms with Gasteiger partial charge in [0.25, 0.3) is 5.91 Å². The average molecular weight is 288 g/mol. The van der Waals surface area contributed by atoms with E-state index in [1.54, 1.807) is 11.3 Å². The summed E-state index contributed by atoms with van der Waals surface area (Å²) in [5.74, 6) is 0.851. The summed E-state index contributed by atoms with van der Waals surface area (Å²) >= 11 is 5.05. The lowest BCUT2D eigenvalue weighted by molar-refractivity contribution is 0.0544. The number of hydrogen-bond donors (Lipinski definition) is 0. The van der Waals surface area contributed by atoms with Crippen LogP contribution in [0.15, 0.2) is 6.07 Å². The first-order valence-electron chi connectivity index (χ1n) is 5.04. The minimum atomic E-state index is 0.202. The van der Waals surface area contributed by atoms with Gasteiger partial charge in [0, 0.05) is 29.2 Å². The Hall–Kier alpha value is -0.350. The van der Waals surface area contributed by atoms with Gasteiger partial charge in [0.2, 0.25) is 0 Å². The maximum atomic E-state index is 12.0. The molecule has 2 rings (SSSR count). The lowest BCUT2D eigenvalue weighted by Gasteiger charge is -2.38. The Morgan fingerprint density at radius 2 is 2.27 bits per heavy atom. The highest BCUT2D eigenvalue weighted by Crippen LogP contribution is 2.26. The Kier molecular flexibility index (Phi) is 3.16. The van der Waals surface area contributed by atoms with E-state index in [2.05, 4.69) is 29.8 Å². The topological polar surface area (TPSA) is 20.3 Å². The van der Waals surface area contributed by atoms with Crippen molar-refractivity contribution in [3.8, 4) is 0 Å². The molecule has 4 heteroatoms. The molecular formula is C11H14BrNOS. The first-order valence-corrected chi connectivity index (χ1v) is 6.98. The first kappa shape index (κ1) is 11.1. The number of thiophene rings is 1. The minimum Gasteiger partial charge on any atom is -0.337 e. The van der Waals surface area contributed by atoms with E-state index < -0.39 is 0 Å². The van der Waals surface area contributed by atoms with Crippen molar-refractivity contribution < 1.29 is 4.79 Å². The van der Waals surface area contributed by atoms with Crippen molar-refractivity contribution in [1.82, 2.24) is 4.90 Å². The largest absolute Gasteiger partial charge is 0.337 e. The molecule has 1 aromatic heterocycles. The molecule has 1 saturated heterocycles. The van der Waals surface area contributed by atoms with Gasteiger partial charge in [-0.15, -0.1) is 11.3 Å². The second kappa shape index (κ2) is 4.26. The predicted molar refractivity (Wildman–Crippen MR) is 67.0 cm³/mol. The normalized spacial score (nSPS) is 16.6. The predicted octanol–water partition coefficient (Wildman–Crippen LogP) is 2.83. The van der Waals surface area contributed by atoms with Crippen LogP contribution in [0.1, 0.15) is 20.1 Å². The number of alkyl halides is 1. The maximum Gasteiger partial charge on any atom is 0.263 e. The molecule has 1 aliphatic heterocycles. The van der Waals surface area contributed by atoms with Crippen LogP contribution < -0.4 is 0 Å². The molecule has 0 N–H and O–H groups in total. The number of nitrogens with zero attached hydrogens (tertiary/aromatic N) is 1. The molecule has 2 nitrogen and oxygen atoms in total. The van der Waals surface area contributed by atoms with Crippen molar-refractivity contribution >= 4 is 33.2 Å². The Labute approximate surface area is 102 Å². The van der Waals surface area contributed by atoms with Gasteiger partial charge in [0.1, 0.15) is 0 Å². The molecule has 0 bridgehead atoms. The van der Waals surface area contributed by atoms with E-state index in [0.29, 0.717) is 5.92 Å². The molecular weight excluding hydrogens is 274 g/mol. The zero-order valence-electron chi connectivity index (χ0n) is 8.92. The zero-order valence-corrected chi connectivity index (χ0v) is 11.3. The van der Waals surface area contributed by atoms with Crippen molar-refractivity contribution in [2.24, 2.45) is 5.92 Å². The number of halogens is 1. The smallest absolute Gasteiger partial charge is 0.263 e. The lowest BCUT2D eigenvalue weighted by Crippen LogP contribution is -2.50. The quantitative estimate of drug-likeness (QED) is 0.766. The van der Waals surface area contributed by atoms with Crippen LogP contribution in [0.25, 0.3) is 0 Å². The van der Waals surface area contributed by atoms with Crippen LogP contribution in [-0.4, -0.2) is 29.2 Å². The first-order chi connectivity index (χ1) is 7.11. The van der Waals surface area contributed by atoms with Gasteiger partial charge >= 0.3 is 0 Å². The van der Waals surface area contributed by atoms with E-state index in [-0.39, 0.29) is 5.91 Å². The van der Waals surface area contributed by atoms with Crippen molar-refractivity contribution in [1.29, 1.82) is 0 Å². The summed E-state index contributed by atoms with van der Waals surface area (Å²) in [5.41, 5.74) is 1.22. The van der Waals surface area contributed by atoms with E-state index in [1.807, 2.05) is 11.0 Å². The van der Waals surface area contributed by atoms with Crippen molar-refractivity contribution in [2.75, 3.05) is 18.4 Å². The average Bonchev–Trinajstić information content (AvgIpc) is 2.45. The summed E-state index contributed by atoms with van der Waals surface area (Å²) in [6, 6.07) is 2.00. The molecule has 0 spiro atoms. The summed E-state index contributed by atoms with van der Waals surface area (Å²) in [6.45, 7) is 5.92. The van der Waals surface area contributed by atoms with Crippen molar-refractivity contribution in [2.45, 2.75) is 13.8 Å². The van der Waals surface area contributed by atoms with Gasteiger partial charge in [-0.3, -0.25) is 4.79 Å². The Morgan fingerprint density at radius 1 is 1.60 bits per heavy atom. The highest BCUT2D eigenvalue weighted by atomic mass is 79.9. The highest BCUT2D eigenvalue weighted by Gasteiger charge is 2.30. The van der Waals surface area contributed by atoms with Gasteiger partial charge in [0.05, 0.1) is 4.88 Å². The summed E-state index contributed by atoms with van der Waals surface area (Å²) in [6.07, 6.45) is 0. The third-order valence-corrected chi connectivity index (χ3v) is 4.90. The number of likely N-dealkylation sites (tertiary alicyclic amines) is 1. The molecule has 0 aromatic carbocycles. The molecule has 2 heterocycles. The van der Waals surface area contributed by atoms with Crippen LogP contribution in [0.5, 0.6) is 0 Å². The van der Waals surface area contributed by atoms with Crippen molar-refractivity contribution in [3.05, 3.63) is 21.4 Å². The SMILES string of the molecule is Cc1cc(C(=O)N2CC(CBr)C2)sc1C. The molecule has 0 radical (unpaired) electrons. The minimum absolute atomic E-state index is 0.202. The third kappa shape index (κ3) is 2.11. The molecule has 0 atom stereocenters. The van der Waals surface area contributed by atoms with Crippen molar-refractivity contribution in [3.63, 3.8) is 0 Å². The maximum absolute atomic E-state index is 12.0. The van der Waals surface area contributed by atoms with Gasteiger partial charge in [-0.1, -0.05) is 15.9 Å². The molecule has 0 aliphatic carbocycles. The second-order valence-electron chi connectivity index (χ2n) is 4.08. The van der Waals surface area contributed by atoms with Gasteiger partial charge in [-0.25, -0.2) is 0 Å². The van der Waals surface area contributed by atoms with Gasteiger partial charge in [-0.05, 0) is 25.5 Å². The number of carbonyl (C=O) groups excluding carboxylic acids is 1. The summed E-state index contributed by atoms with van der Waals surface area (Å²) in [5, 5.41) is 0.999. The van der Waals surface area contributed by atoms with Crippen LogP contribution in [0.3, 0.4) is 0 Å². The Balaban J connectivity index is 2.03. The Bertz CT molecular complexity index is 362. The molecule has 1 amide bonds. The molecule has 82 valence electrons. The molecule has 0 saturated carbocycles. The van der Waals surface area contributed by atoms with Crippen LogP contribution in [0.4, 0.5) is 0 Å². The summed E-state index contributed by atoms with van der Waals surface area (Å²) < 4.78 is 0. The fourth-order valence-electron chi connectivity index (χ4n) is 1.67. The molecule has 1 aromatic rings. The van der Waals surface area contributed by atoms with Crippen LogP contribution in [0.2, 0.25) is 0 Å². The fourth-order valence-corrected chi connectivity index (χ4v) is 3.08. The number of aryl methyl sites for hydroxylation is 2. The van der Waals surface area contributed by atoms with E-state index >= 15 is 0 Å². The molecule has 1 fully saturated rings. The Morgan fingerprint density at radius 3 is 2.73 bits per heavy atom. The monoisotopic (exact) mass is 287 g/mol. The highest BCUT2D eigenvalue weighted by molar-refractivity contribution is 9.09. The molecule has 0 unspecified atom stereocenters. The summed E-state index contributed by atoms with van der Waals surface area (Å²) in [4.78, 5) is 16.0. The van der Waals surface area contributed by atoms with E-state index in [0.717, 1.165) is 23.3 Å². The number of amides is 1. The second-order valence-corrected chi connectivity index (χ2v) is 5.98. The van der Waals surface area contributed by atoms with Crippen LogP contribution >= 0.6 is 27.3 Å². The number of hydrogen-bond acceptors (Lipinski definition) is 2.